The molecule has 1 heterocycles. The first-order valence-electron chi connectivity index (χ1n) is 6.66. The van der Waals surface area contributed by atoms with Gasteiger partial charge in [0.15, 0.2) is 4.34 Å². The number of anilines is 1. The largest absolute Gasteiger partial charge is 0.353 e. The summed E-state index contributed by atoms with van der Waals surface area (Å²) in [7, 11) is 0. The molecular weight excluding hydrogens is 320 g/mol. The maximum atomic E-state index is 12.0. The van der Waals surface area contributed by atoms with Crippen molar-refractivity contribution in [3.05, 3.63) is 35.3 Å². The van der Waals surface area contributed by atoms with E-state index in [0.29, 0.717) is 10.0 Å². The van der Waals surface area contributed by atoms with E-state index < -0.39 is 0 Å². The molecule has 0 spiro atoms. The molecule has 0 bridgehead atoms. The van der Waals surface area contributed by atoms with Crippen molar-refractivity contribution < 1.29 is 9.59 Å². The van der Waals surface area contributed by atoms with Gasteiger partial charge in [-0.25, -0.2) is 0 Å². The first-order chi connectivity index (χ1) is 10.5. The molecule has 116 valence electrons. The zero-order valence-electron chi connectivity index (χ0n) is 12.2. The number of hydrogen-bond acceptors (Lipinski definition) is 6. The summed E-state index contributed by atoms with van der Waals surface area (Å²) in [5.74, 6) is -0.111. The molecule has 2 N–H and O–H groups in total. The number of nitrogens with one attached hydrogen (secondary N) is 2. The maximum absolute atomic E-state index is 12.0. The van der Waals surface area contributed by atoms with Gasteiger partial charge in [0.1, 0.15) is 0 Å². The Morgan fingerprint density at radius 3 is 2.64 bits per heavy atom. The van der Waals surface area contributed by atoms with Crippen molar-refractivity contribution in [2.75, 3.05) is 11.1 Å². The molecule has 0 aliphatic heterocycles. The van der Waals surface area contributed by atoms with Crippen molar-refractivity contribution in [3.8, 4) is 0 Å². The van der Waals surface area contributed by atoms with E-state index in [1.54, 1.807) is 12.1 Å². The fourth-order valence-electron chi connectivity index (χ4n) is 1.56. The number of hydrogen-bond donors (Lipinski definition) is 2. The smallest absolute Gasteiger partial charge is 0.286 e. The molecule has 0 atom stereocenters. The van der Waals surface area contributed by atoms with Crippen LogP contribution in [0, 0.1) is 0 Å². The third-order valence-electron chi connectivity index (χ3n) is 2.41. The van der Waals surface area contributed by atoms with Gasteiger partial charge in [-0.2, -0.15) is 0 Å². The Labute approximate surface area is 136 Å². The lowest BCUT2D eigenvalue weighted by molar-refractivity contribution is -0.119. The summed E-state index contributed by atoms with van der Waals surface area (Å²) in [5.41, 5.74) is 0.702. The molecule has 1 aromatic carbocycles. The van der Waals surface area contributed by atoms with Gasteiger partial charge in [0.05, 0.1) is 5.75 Å². The van der Waals surface area contributed by atoms with Gasteiger partial charge in [-0.1, -0.05) is 41.3 Å². The molecule has 2 amide bonds. The number of para-hydroxylation sites is 1. The highest BCUT2D eigenvalue weighted by atomic mass is 32.2. The predicted molar refractivity (Wildman–Crippen MR) is 88.3 cm³/mol. The Morgan fingerprint density at radius 1 is 1.23 bits per heavy atom. The molecule has 0 aliphatic rings. The van der Waals surface area contributed by atoms with Crippen molar-refractivity contribution >= 4 is 40.6 Å². The average Bonchev–Trinajstić information content (AvgIpc) is 2.94. The number of benzene rings is 1. The third-order valence-corrected chi connectivity index (χ3v) is 4.46. The quantitative estimate of drug-likeness (QED) is 0.792. The van der Waals surface area contributed by atoms with E-state index >= 15 is 0 Å². The summed E-state index contributed by atoms with van der Waals surface area (Å²) in [6.45, 7) is 3.80. The molecule has 8 heteroatoms. The van der Waals surface area contributed by atoms with E-state index in [0.717, 1.165) is 0 Å². The van der Waals surface area contributed by atoms with Crippen molar-refractivity contribution in [1.29, 1.82) is 0 Å². The molecule has 2 rings (SSSR count). The minimum absolute atomic E-state index is 0.0644. The summed E-state index contributed by atoms with van der Waals surface area (Å²) in [5, 5.41) is 13.6. The number of thioether (sulfide) groups is 1. The molecule has 22 heavy (non-hydrogen) atoms. The molecule has 1 aromatic heterocycles. The lowest BCUT2D eigenvalue weighted by Gasteiger charge is -2.06. The number of amides is 2. The van der Waals surface area contributed by atoms with Gasteiger partial charge < -0.3 is 10.6 Å². The fraction of sp³-hybridized carbons (Fsp3) is 0.286. The minimum atomic E-state index is -0.304. The Hall–Kier alpha value is -1.93. The summed E-state index contributed by atoms with van der Waals surface area (Å²) in [4.78, 5) is 23.6. The van der Waals surface area contributed by atoms with Crippen LogP contribution in [0.5, 0.6) is 0 Å². The first kappa shape index (κ1) is 16.4. The van der Waals surface area contributed by atoms with Crippen LogP contribution >= 0.6 is 23.1 Å². The Morgan fingerprint density at radius 2 is 1.95 bits per heavy atom. The highest BCUT2D eigenvalue weighted by Gasteiger charge is 2.14. The highest BCUT2D eigenvalue weighted by molar-refractivity contribution is 8.01. The van der Waals surface area contributed by atoms with Crippen LogP contribution in [0.15, 0.2) is 34.7 Å². The van der Waals surface area contributed by atoms with Crippen molar-refractivity contribution in [3.63, 3.8) is 0 Å². The molecular formula is C14H16N4O2S2. The number of carbonyl (C=O) groups is 2. The molecule has 0 aliphatic carbocycles. The molecule has 0 fully saturated rings. The van der Waals surface area contributed by atoms with Crippen LogP contribution in [-0.4, -0.2) is 33.8 Å². The zero-order valence-corrected chi connectivity index (χ0v) is 13.8. The van der Waals surface area contributed by atoms with Crippen LogP contribution in [0.25, 0.3) is 0 Å². The SMILES string of the molecule is CC(C)NC(=O)CSc1nnc(C(=O)Nc2ccccc2)s1. The third kappa shape index (κ3) is 5.12. The average molecular weight is 336 g/mol. The van der Waals surface area contributed by atoms with Gasteiger partial charge in [0.2, 0.25) is 10.9 Å². The zero-order chi connectivity index (χ0) is 15.9. The van der Waals surface area contributed by atoms with Crippen LogP contribution in [0.4, 0.5) is 5.69 Å². The van der Waals surface area contributed by atoms with Crippen LogP contribution in [-0.2, 0) is 4.79 Å². The van der Waals surface area contributed by atoms with E-state index in [4.69, 9.17) is 0 Å². The highest BCUT2D eigenvalue weighted by Crippen LogP contribution is 2.22. The van der Waals surface area contributed by atoms with Crippen molar-refractivity contribution in [2.45, 2.75) is 24.2 Å². The Bertz CT molecular complexity index is 643. The second kappa shape index (κ2) is 7.90. The van der Waals surface area contributed by atoms with Crippen molar-refractivity contribution in [2.24, 2.45) is 0 Å². The number of carbonyl (C=O) groups excluding carboxylic acids is 2. The Balaban J connectivity index is 1.88. The van der Waals surface area contributed by atoms with Crippen LogP contribution < -0.4 is 10.6 Å². The van der Waals surface area contributed by atoms with Crippen molar-refractivity contribution in [1.82, 2.24) is 15.5 Å². The van der Waals surface area contributed by atoms with Crippen LogP contribution in [0.1, 0.15) is 23.6 Å². The van der Waals surface area contributed by atoms with E-state index in [2.05, 4.69) is 20.8 Å². The number of aromatic nitrogens is 2. The standard InChI is InChI=1S/C14H16N4O2S2/c1-9(2)15-11(19)8-21-14-18-17-13(22-14)12(20)16-10-6-4-3-5-7-10/h3-7,9H,8H2,1-2H3,(H,15,19)(H,16,20). The second-order valence-corrected chi connectivity index (χ2v) is 6.90. The second-order valence-electron chi connectivity index (χ2n) is 4.70. The molecule has 6 nitrogen and oxygen atoms in total. The maximum Gasteiger partial charge on any atom is 0.286 e. The topological polar surface area (TPSA) is 84.0 Å². The van der Waals surface area contributed by atoms with E-state index in [1.807, 2.05) is 32.0 Å². The first-order valence-corrected chi connectivity index (χ1v) is 8.47. The normalized spacial score (nSPS) is 10.5. The monoisotopic (exact) mass is 336 g/mol. The van der Waals surface area contributed by atoms with E-state index in [9.17, 15) is 9.59 Å². The number of rotatable bonds is 6. The van der Waals surface area contributed by atoms with E-state index in [1.165, 1.54) is 23.1 Å². The molecule has 0 saturated carbocycles. The number of nitrogens with zero attached hydrogens (tertiary/aromatic N) is 2. The predicted octanol–water partition coefficient (Wildman–Crippen LogP) is 2.41. The molecule has 0 unspecified atom stereocenters. The summed E-state index contributed by atoms with van der Waals surface area (Å²) in [6, 6.07) is 9.25. The van der Waals surface area contributed by atoms with Gasteiger partial charge in [0.25, 0.3) is 5.91 Å². The van der Waals surface area contributed by atoms with E-state index in [-0.39, 0.29) is 28.6 Å². The minimum Gasteiger partial charge on any atom is -0.353 e. The van der Waals surface area contributed by atoms with Crippen LogP contribution in [0.3, 0.4) is 0 Å². The lowest BCUT2D eigenvalue weighted by atomic mass is 10.3. The summed E-state index contributed by atoms with van der Waals surface area (Å²) in [6.07, 6.45) is 0. The lowest BCUT2D eigenvalue weighted by Crippen LogP contribution is -2.31. The van der Waals surface area contributed by atoms with Gasteiger partial charge in [-0.05, 0) is 26.0 Å². The van der Waals surface area contributed by atoms with Gasteiger partial charge >= 0.3 is 0 Å². The van der Waals surface area contributed by atoms with Gasteiger partial charge in [0, 0.05) is 11.7 Å². The summed E-state index contributed by atoms with van der Waals surface area (Å²) < 4.78 is 0.595. The van der Waals surface area contributed by atoms with Gasteiger partial charge in [-0.3, -0.25) is 9.59 Å². The Kier molecular flexibility index (Phi) is 5.91. The molecule has 0 radical (unpaired) electrons. The fourth-order valence-corrected chi connectivity index (χ4v) is 3.12. The van der Waals surface area contributed by atoms with Crippen LogP contribution in [0.2, 0.25) is 0 Å². The van der Waals surface area contributed by atoms with Gasteiger partial charge in [-0.15, -0.1) is 10.2 Å². The molecule has 2 aromatic rings. The summed E-state index contributed by atoms with van der Waals surface area (Å²) >= 11 is 2.44. The molecule has 0 saturated heterocycles.